The Morgan fingerprint density at radius 1 is 1.06 bits per heavy atom. The number of carbonyl (C=O) groups excluding carboxylic acids is 1. The molecule has 2 rings (SSSR count). The first kappa shape index (κ1) is 13.1. The van der Waals surface area contributed by atoms with Gasteiger partial charge in [0.2, 0.25) is 5.91 Å². The van der Waals surface area contributed by atoms with E-state index in [0.717, 1.165) is 16.3 Å². The second kappa shape index (κ2) is 6.59. The van der Waals surface area contributed by atoms with Gasteiger partial charge in [0, 0.05) is 18.7 Å². The number of rotatable bonds is 1. The summed E-state index contributed by atoms with van der Waals surface area (Å²) in [6, 6.07) is 14.0. The van der Waals surface area contributed by atoms with Crippen molar-refractivity contribution in [2.24, 2.45) is 4.99 Å². The van der Waals surface area contributed by atoms with Crippen molar-refractivity contribution < 1.29 is 4.79 Å². The van der Waals surface area contributed by atoms with Crippen LogP contribution in [0.15, 0.2) is 47.5 Å². The molecule has 2 heteroatoms. The standard InChI is InChI=1S/C13H11NO.C2H6/c1-10(15)14-9-12-7-4-6-11-5-2-3-8-13(11)12;1-2/h2-9H,1H3;1-2H3. The molecule has 0 aliphatic carbocycles. The maximum absolute atomic E-state index is 10.8. The number of fused-ring (bicyclic) bond motifs is 1. The van der Waals surface area contributed by atoms with Crippen LogP contribution < -0.4 is 0 Å². The number of benzene rings is 2. The Morgan fingerprint density at radius 3 is 2.41 bits per heavy atom. The Hall–Kier alpha value is -1.96. The molecule has 88 valence electrons. The lowest BCUT2D eigenvalue weighted by Gasteiger charge is -2.00. The summed E-state index contributed by atoms with van der Waals surface area (Å²) in [5, 5.41) is 2.27. The summed E-state index contributed by atoms with van der Waals surface area (Å²) in [4.78, 5) is 14.5. The third-order valence-corrected chi connectivity index (χ3v) is 2.21. The van der Waals surface area contributed by atoms with Gasteiger partial charge in [-0.15, -0.1) is 0 Å². The molecule has 0 bridgehead atoms. The minimum atomic E-state index is -0.178. The average molecular weight is 227 g/mol. The smallest absolute Gasteiger partial charge is 0.242 e. The summed E-state index contributed by atoms with van der Waals surface area (Å²) >= 11 is 0. The first-order valence-electron chi connectivity index (χ1n) is 5.80. The van der Waals surface area contributed by atoms with Crippen LogP contribution in [0.3, 0.4) is 0 Å². The van der Waals surface area contributed by atoms with Gasteiger partial charge in [0.25, 0.3) is 0 Å². The molecule has 2 aromatic carbocycles. The predicted molar refractivity (Wildman–Crippen MR) is 73.6 cm³/mol. The Kier molecular flexibility index (Phi) is 5.08. The maximum Gasteiger partial charge on any atom is 0.242 e. The number of aliphatic imine (C=N–C) groups is 1. The third kappa shape index (κ3) is 3.52. The van der Waals surface area contributed by atoms with E-state index in [-0.39, 0.29) is 5.91 Å². The number of hydrogen-bond donors (Lipinski definition) is 0. The van der Waals surface area contributed by atoms with Crippen LogP contribution >= 0.6 is 0 Å². The fourth-order valence-electron chi connectivity index (χ4n) is 1.52. The van der Waals surface area contributed by atoms with Crippen LogP contribution in [0.2, 0.25) is 0 Å². The van der Waals surface area contributed by atoms with E-state index in [1.54, 1.807) is 6.21 Å². The highest BCUT2D eigenvalue weighted by Gasteiger charge is 1.96. The molecule has 0 unspecified atom stereocenters. The normalized spacial score (nSPS) is 10.1. The molecule has 0 heterocycles. The summed E-state index contributed by atoms with van der Waals surface area (Å²) in [6.45, 7) is 5.45. The highest BCUT2D eigenvalue weighted by molar-refractivity contribution is 6.02. The largest absolute Gasteiger partial charge is 0.273 e. The van der Waals surface area contributed by atoms with Gasteiger partial charge in [-0.25, -0.2) is 4.99 Å². The zero-order valence-corrected chi connectivity index (χ0v) is 10.5. The fraction of sp³-hybridized carbons (Fsp3) is 0.200. The molecule has 0 spiro atoms. The molecule has 2 aromatic rings. The number of nitrogens with zero attached hydrogens (tertiary/aromatic N) is 1. The Bertz CT molecular complexity index is 524. The van der Waals surface area contributed by atoms with Gasteiger partial charge < -0.3 is 0 Å². The van der Waals surface area contributed by atoms with Crippen molar-refractivity contribution in [1.82, 2.24) is 0 Å². The van der Waals surface area contributed by atoms with Crippen molar-refractivity contribution in [3.05, 3.63) is 48.0 Å². The van der Waals surface area contributed by atoms with Gasteiger partial charge in [0.05, 0.1) is 0 Å². The molecular weight excluding hydrogens is 210 g/mol. The lowest BCUT2D eigenvalue weighted by molar-refractivity contribution is -0.115. The second-order valence-corrected chi connectivity index (χ2v) is 3.35. The summed E-state index contributed by atoms with van der Waals surface area (Å²) < 4.78 is 0. The molecule has 0 saturated heterocycles. The lowest BCUT2D eigenvalue weighted by atomic mass is 10.1. The highest BCUT2D eigenvalue weighted by atomic mass is 16.1. The van der Waals surface area contributed by atoms with Crippen LogP contribution in [0.5, 0.6) is 0 Å². The van der Waals surface area contributed by atoms with E-state index in [1.165, 1.54) is 6.92 Å². The van der Waals surface area contributed by atoms with Crippen LogP contribution in [0.25, 0.3) is 10.8 Å². The van der Waals surface area contributed by atoms with E-state index in [9.17, 15) is 4.79 Å². The van der Waals surface area contributed by atoms with Gasteiger partial charge >= 0.3 is 0 Å². The molecule has 0 fully saturated rings. The monoisotopic (exact) mass is 227 g/mol. The van der Waals surface area contributed by atoms with Gasteiger partial charge in [-0.1, -0.05) is 56.3 Å². The summed E-state index contributed by atoms with van der Waals surface area (Å²) in [6.07, 6.45) is 1.62. The van der Waals surface area contributed by atoms with Gasteiger partial charge in [0.1, 0.15) is 0 Å². The van der Waals surface area contributed by atoms with E-state index in [2.05, 4.69) is 4.99 Å². The van der Waals surface area contributed by atoms with E-state index in [0.29, 0.717) is 0 Å². The Morgan fingerprint density at radius 2 is 1.71 bits per heavy atom. The van der Waals surface area contributed by atoms with E-state index in [1.807, 2.05) is 56.3 Å². The zero-order valence-electron chi connectivity index (χ0n) is 10.5. The van der Waals surface area contributed by atoms with Gasteiger partial charge in [-0.05, 0) is 10.8 Å². The summed E-state index contributed by atoms with van der Waals surface area (Å²) in [5.41, 5.74) is 0.975. The summed E-state index contributed by atoms with van der Waals surface area (Å²) in [7, 11) is 0. The van der Waals surface area contributed by atoms with Crippen molar-refractivity contribution in [2.45, 2.75) is 20.8 Å². The molecule has 0 aliphatic heterocycles. The van der Waals surface area contributed by atoms with E-state index in [4.69, 9.17) is 0 Å². The average Bonchev–Trinajstić information content (AvgIpc) is 2.38. The predicted octanol–water partition coefficient (Wildman–Crippen LogP) is 3.83. The SMILES string of the molecule is CC.CC(=O)N=Cc1cccc2ccccc12. The molecule has 0 aromatic heterocycles. The van der Waals surface area contributed by atoms with Crippen LogP contribution in [0.1, 0.15) is 26.3 Å². The molecular formula is C15H17NO. The van der Waals surface area contributed by atoms with Crippen molar-refractivity contribution in [3.8, 4) is 0 Å². The Labute approximate surface area is 102 Å². The van der Waals surface area contributed by atoms with Crippen LogP contribution in [0, 0.1) is 0 Å². The maximum atomic E-state index is 10.8. The number of amides is 1. The highest BCUT2D eigenvalue weighted by Crippen LogP contribution is 2.16. The van der Waals surface area contributed by atoms with Gasteiger partial charge in [0.15, 0.2) is 0 Å². The van der Waals surface area contributed by atoms with E-state index >= 15 is 0 Å². The van der Waals surface area contributed by atoms with Gasteiger partial charge in [-0.3, -0.25) is 4.79 Å². The molecule has 0 saturated carbocycles. The number of carbonyl (C=O) groups is 1. The fourth-order valence-corrected chi connectivity index (χ4v) is 1.52. The molecule has 0 radical (unpaired) electrons. The second-order valence-electron chi connectivity index (χ2n) is 3.35. The minimum absolute atomic E-state index is 0.178. The zero-order chi connectivity index (χ0) is 12.7. The van der Waals surface area contributed by atoms with Crippen molar-refractivity contribution in [2.75, 3.05) is 0 Å². The first-order valence-corrected chi connectivity index (χ1v) is 5.80. The van der Waals surface area contributed by atoms with Crippen LogP contribution in [-0.4, -0.2) is 12.1 Å². The lowest BCUT2D eigenvalue weighted by Crippen LogP contribution is -1.88. The topological polar surface area (TPSA) is 29.4 Å². The van der Waals surface area contributed by atoms with Crippen molar-refractivity contribution in [3.63, 3.8) is 0 Å². The number of hydrogen-bond acceptors (Lipinski definition) is 1. The quantitative estimate of drug-likeness (QED) is 0.681. The summed E-state index contributed by atoms with van der Waals surface area (Å²) in [5.74, 6) is -0.178. The molecule has 0 N–H and O–H groups in total. The van der Waals surface area contributed by atoms with Crippen molar-refractivity contribution in [1.29, 1.82) is 0 Å². The first-order chi connectivity index (χ1) is 8.27. The minimum Gasteiger partial charge on any atom is -0.273 e. The van der Waals surface area contributed by atoms with E-state index < -0.39 is 0 Å². The van der Waals surface area contributed by atoms with Crippen LogP contribution in [-0.2, 0) is 4.79 Å². The van der Waals surface area contributed by atoms with Crippen molar-refractivity contribution >= 4 is 22.9 Å². The molecule has 0 atom stereocenters. The molecule has 0 aliphatic rings. The third-order valence-electron chi connectivity index (χ3n) is 2.21. The van der Waals surface area contributed by atoms with Gasteiger partial charge in [-0.2, -0.15) is 0 Å². The molecule has 17 heavy (non-hydrogen) atoms. The van der Waals surface area contributed by atoms with Crippen LogP contribution in [0.4, 0.5) is 0 Å². The Balaban J connectivity index is 0.000000686. The molecule has 1 amide bonds. The molecule has 2 nitrogen and oxygen atoms in total.